The van der Waals surface area contributed by atoms with Crippen molar-refractivity contribution < 1.29 is 4.79 Å². The standard InChI is InChI=1S/C14H15N3O3/c1-8-5-4-6-11(9(8)2)16-12(18)10-7-15-14(20)17(3)13(10)19/h4-7H,1-3H3,(H,15,20)(H,16,18). The van der Waals surface area contributed by atoms with E-state index in [1.165, 1.54) is 7.05 Å². The van der Waals surface area contributed by atoms with Gasteiger partial charge in [-0.05, 0) is 31.0 Å². The highest BCUT2D eigenvalue weighted by Gasteiger charge is 2.14. The number of aryl methyl sites for hydroxylation is 1. The van der Waals surface area contributed by atoms with E-state index in [1.807, 2.05) is 26.0 Å². The first kappa shape index (κ1) is 13.8. The molecule has 6 nitrogen and oxygen atoms in total. The van der Waals surface area contributed by atoms with E-state index in [2.05, 4.69) is 10.3 Å². The third-order valence-electron chi connectivity index (χ3n) is 3.28. The summed E-state index contributed by atoms with van der Waals surface area (Å²) in [4.78, 5) is 37.6. The molecule has 0 aliphatic rings. The van der Waals surface area contributed by atoms with Crippen LogP contribution < -0.4 is 16.6 Å². The molecule has 1 aromatic heterocycles. The van der Waals surface area contributed by atoms with Gasteiger partial charge >= 0.3 is 5.69 Å². The lowest BCUT2D eigenvalue weighted by Gasteiger charge is -2.10. The van der Waals surface area contributed by atoms with Gasteiger partial charge in [0.15, 0.2) is 0 Å². The summed E-state index contributed by atoms with van der Waals surface area (Å²) >= 11 is 0. The Morgan fingerprint density at radius 2 is 1.95 bits per heavy atom. The number of aromatic nitrogens is 2. The molecule has 2 aromatic rings. The number of hydrogen-bond donors (Lipinski definition) is 2. The number of nitrogens with one attached hydrogen (secondary N) is 2. The molecule has 1 heterocycles. The van der Waals surface area contributed by atoms with E-state index in [-0.39, 0.29) is 5.56 Å². The number of nitrogens with zero attached hydrogens (tertiary/aromatic N) is 1. The Balaban J connectivity index is 2.39. The summed E-state index contributed by atoms with van der Waals surface area (Å²) in [5, 5.41) is 2.68. The molecule has 0 aliphatic heterocycles. The summed E-state index contributed by atoms with van der Waals surface area (Å²) in [7, 11) is 1.32. The van der Waals surface area contributed by atoms with Crippen LogP contribution in [0.1, 0.15) is 21.5 Å². The summed E-state index contributed by atoms with van der Waals surface area (Å²) in [5.74, 6) is -0.546. The highest BCUT2D eigenvalue weighted by molar-refractivity contribution is 6.04. The molecule has 0 aliphatic carbocycles. The predicted octanol–water partition coefficient (Wildman–Crippen LogP) is 0.943. The molecule has 1 amide bonds. The maximum Gasteiger partial charge on any atom is 0.328 e. The van der Waals surface area contributed by atoms with Crippen LogP contribution in [0, 0.1) is 13.8 Å². The first-order chi connectivity index (χ1) is 9.41. The van der Waals surface area contributed by atoms with Crippen molar-refractivity contribution in [1.82, 2.24) is 9.55 Å². The molecular formula is C14H15N3O3. The van der Waals surface area contributed by atoms with Crippen LogP contribution in [0.5, 0.6) is 0 Å². The molecule has 104 valence electrons. The van der Waals surface area contributed by atoms with Crippen LogP contribution >= 0.6 is 0 Å². The Labute approximate surface area is 115 Å². The van der Waals surface area contributed by atoms with Crippen molar-refractivity contribution in [3.8, 4) is 0 Å². The number of anilines is 1. The van der Waals surface area contributed by atoms with Crippen LogP contribution in [0.2, 0.25) is 0 Å². The Hall–Kier alpha value is -2.63. The van der Waals surface area contributed by atoms with E-state index >= 15 is 0 Å². The van der Waals surface area contributed by atoms with Crippen LogP contribution in [0.25, 0.3) is 0 Å². The fourth-order valence-electron chi connectivity index (χ4n) is 1.80. The molecular weight excluding hydrogens is 258 g/mol. The molecule has 0 radical (unpaired) electrons. The van der Waals surface area contributed by atoms with Crippen LogP contribution in [-0.4, -0.2) is 15.5 Å². The summed E-state index contributed by atoms with van der Waals surface area (Å²) in [5.41, 5.74) is 1.32. The zero-order valence-electron chi connectivity index (χ0n) is 11.5. The summed E-state index contributed by atoms with van der Waals surface area (Å²) in [6.45, 7) is 3.82. The molecule has 6 heteroatoms. The van der Waals surface area contributed by atoms with Crippen LogP contribution in [0.4, 0.5) is 5.69 Å². The number of H-pyrrole nitrogens is 1. The highest BCUT2D eigenvalue weighted by Crippen LogP contribution is 2.18. The second-order valence-corrected chi connectivity index (χ2v) is 4.57. The molecule has 0 atom stereocenters. The van der Waals surface area contributed by atoms with Gasteiger partial charge in [-0.3, -0.25) is 14.2 Å². The summed E-state index contributed by atoms with van der Waals surface area (Å²) in [6, 6.07) is 5.52. The van der Waals surface area contributed by atoms with Crippen molar-refractivity contribution in [3.63, 3.8) is 0 Å². The molecule has 0 unspecified atom stereocenters. The van der Waals surface area contributed by atoms with E-state index in [4.69, 9.17) is 0 Å². The minimum atomic E-state index is -0.628. The summed E-state index contributed by atoms with van der Waals surface area (Å²) < 4.78 is 0.859. The molecule has 0 saturated heterocycles. The number of benzene rings is 1. The van der Waals surface area contributed by atoms with Gasteiger partial charge in [-0.1, -0.05) is 12.1 Å². The number of hydrogen-bond acceptors (Lipinski definition) is 3. The fourth-order valence-corrected chi connectivity index (χ4v) is 1.80. The van der Waals surface area contributed by atoms with Crippen molar-refractivity contribution in [2.45, 2.75) is 13.8 Å². The lowest BCUT2D eigenvalue weighted by atomic mass is 10.1. The van der Waals surface area contributed by atoms with E-state index in [9.17, 15) is 14.4 Å². The number of amides is 1. The molecule has 0 saturated carbocycles. The van der Waals surface area contributed by atoms with Gasteiger partial charge < -0.3 is 10.3 Å². The maximum atomic E-state index is 12.1. The monoisotopic (exact) mass is 273 g/mol. The van der Waals surface area contributed by atoms with Gasteiger partial charge in [-0.25, -0.2) is 4.79 Å². The predicted molar refractivity (Wildman–Crippen MR) is 76.2 cm³/mol. The SMILES string of the molecule is Cc1cccc(NC(=O)c2c[nH]c(=O)n(C)c2=O)c1C. The highest BCUT2D eigenvalue weighted by atomic mass is 16.2. The second kappa shape index (κ2) is 5.16. The maximum absolute atomic E-state index is 12.1. The smallest absolute Gasteiger partial charge is 0.322 e. The molecule has 2 N–H and O–H groups in total. The molecule has 0 spiro atoms. The fraction of sp³-hybridized carbons (Fsp3) is 0.214. The number of aromatic amines is 1. The van der Waals surface area contributed by atoms with Crippen molar-refractivity contribution in [1.29, 1.82) is 0 Å². The van der Waals surface area contributed by atoms with Gasteiger partial charge in [0.05, 0.1) is 0 Å². The van der Waals surface area contributed by atoms with E-state index in [0.29, 0.717) is 5.69 Å². The minimum absolute atomic E-state index is 0.104. The average Bonchev–Trinajstić information content (AvgIpc) is 2.41. The zero-order chi connectivity index (χ0) is 14.9. The van der Waals surface area contributed by atoms with Crippen LogP contribution in [-0.2, 0) is 7.05 Å². The first-order valence-electron chi connectivity index (χ1n) is 6.08. The Kier molecular flexibility index (Phi) is 3.56. The minimum Gasteiger partial charge on any atom is -0.322 e. The number of rotatable bonds is 2. The third kappa shape index (κ3) is 2.40. The lowest BCUT2D eigenvalue weighted by molar-refractivity contribution is 0.102. The van der Waals surface area contributed by atoms with Gasteiger partial charge in [0.25, 0.3) is 11.5 Å². The van der Waals surface area contributed by atoms with Crippen molar-refractivity contribution >= 4 is 11.6 Å². The van der Waals surface area contributed by atoms with Gasteiger partial charge in [0, 0.05) is 18.9 Å². The first-order valence-corrected chi connectivity index (χ1v) is 6.08. The van der Waals surface area contributed by atoms with Crippen molar-refractivity contribution in [3.05, 3.63) is 61.9 Å². The largest absolute Gasteiger partial charge is 0.328 e. The molecule has 20 heavy (non-hydrogen) atoms. The normalized spacial score (nSPS) is 10.3. The van der Waals surface area contributed by atoms with Gasteiger partial charge in [0.1, 0.15) is 5.56 Å². The zero-order valence-corrected chi connectivity index (χ0v) is 11.5. The molecule has 2 rings (SSSR count). The second-order valence-electron chi connectivity index (χ2n) is 4.57. The van der Waals surface area contributed by atoms with E-state index in [0.717, 1.165) is 21.9 Å². The Bertz CT molecular complexity index is 787. The van der Waals surface area contributed by atoms with Crippen molar-refractivity contribution in [2.75, 3.05) is 5.32 Å². The van der Waals surface area contributed by atoms with Crippen LogP contribution in [0.3, 0.4) is 0 Å². The molecule has 1 aromatic carbocycles. The number of carbonyl (C=O) groups excluding carboxylic acids is 1. The summed E-state index contributed by atoms with van der Waals surface area (Å²) in [6.07, 6.45) is 1.13. The van der Waals surface area contributed by atoms with E-state index < -0.39 is 17.2 Å². The number of carbonyl (C=O) groups is 1. The van der Waals surface area contributed by atoms with E-state index in [1.54, 1.807) is 6.07 Å². The average molecular weight is 273 g/mol. The van der Waals surface area contributed by atoms with Crippen LogP contribution in [0.15, 0.2) is 34.0 Å². The van der Waals surface area contributed by atoms with Gasteiger partial charge in [-0.15, -0.1) is 0 Å². The Morgan fingerprint density at radius 1 is 1.25 bits per heavy atom. The molecule has 0 fully saturated rings. The third-order valence-corrected chi connectivity index (χ3v) is 3.28. The molecule has 0 bridgehead atoms. The quantitative estimate of drug-likeness (QED) is 0.854. The topological polar surface area (TPSA) is 84.0 Å². The Morgan fingerprint density at radius 3 is 2.65 bits per heavy atom. The lowest BCUT2D eigenvalue weighted by Crippen LogP contribution is -2.37. The van der Waals surface area contributed by atoms with Gasteiger partial charge in [-0.2, -0.15) is 0 Å². The van der Waals surface area contributed by atoms with Crippen molar-refractivity contribution in [2.24, 2.45) is 7.05 Å². The van der Waals surface area contributed by atoms with Gasteiger partial charge in [0.2, 0.25) is 0 Å².